The highest BCUT2D eigenvalue weighted by molar-refractivity contribution is 5.68. The van der Waals surface area contributed by atoms with Crippen LogP contribution in [0.3, 0.4) is 0 Å². The summed E-state index contributed by atoms with van der Waals surface area (Å²) in [5, 5.41) is 8.76. The van der Waals surface area contributed by atoms with Crippen molar-refractivity contribution in [2.75, 3.05) is 5.73 Å². The molecule has 5 nitrogen and oxygen atoms in total. The maximum Gasteiger partial charge on any atom is 0.303 e. The van der Waals surface area contributed by atoms with Gasteiger partial charge >= 0.3 is 5.97 Å². The fourth-order valence-electron chi connectivity index (χ4n) is 1.77. The van der Waals surface area contributed by atoms with E-state index in [0.717, 1.165) is 5.56 Å². The number of anilines is 1. The first kappa shape index (κ1) is 16.1. The number of aliphatic carboxylic acids is 1. The largest absolute Gasteiger partial charge is 0.487 e. The van der Waals surface area contributed by atoms with Crippen molar-refractivity contribution in [2.45, 2.75) is 52.7 Å². The summed E-state index contributed by atoms with van der Waals surface area (Å²) < 4.78 is 11.4. The molecule has 5 heteroatoms. The quantitative estimate of drug-likeness (QED) is 0.751. The second-order valence-electron chi connectivity index (χ2n) is 5.22. The molecule has 0 amide bonds. The van der Waals surface area contributed by atoms with Crippen LogP contribution in [-0.2, 0) is 11.2 Å². The lowest BCUT2D eigenvalue weighted by Crippen LogP contribution is -2.12. The number of ether oxygens (including phenoxy) is 2. The highest BCUT2D eigenvalue weighted by atomic mass is 16.5. The van der Waals surface area contributed by atoms with Crippen molar-refractivity contribution < 1.29 is 19.4 Å². The second-order valence-corrected chi connectivity index (χ2v) is 5.22. The minimum atomic E-state index is -0.849. The lowest BCUT2D eigenvalue weighted by Gasteiger charge is -2.19. The van der Waals surface area contributed by atoms with Crippen molar-refractivity contribution in [3.63, 3.8) is 0 Å². The zero-order valence-electron chi connectivity index (χ0n) is 12.5. The molecule has 112 valence electrons. The first-order chi connectivity index (χ1) is 9.29. The molecule has 1 rings (SSSR count). The van der Waals surface area contributed by atoms with Crippen LogP contribution in [-0.4, -0.2) is 23.3 Å². The van der Waals surface area contributed by atoms with E-state index >= 15 is 0 Å². The number of hydrogen-bond donors (Lipinski definition) is 2. The summed E-state index contributed by atoms with van der Waals surface area (Å²) in [6.07, 6.45) is 0.419. The summed E-state index contributed by atoms with van der Waals surface area (Å²) in [5.74, 6) is 0.340. The molecule has 3 N–H and O–H groups in total. The van der Waals surface area contributed by atoms with E-state index in [2.05, 4.69) is 0 Å². The minimum Gasteiger partial charge on any atom is -0.487 e. The number of carboxylic acid groups (broad SMARTS) is 1. The first-order valence-electron chi connectivity index (χ1n) is 6.77. The van der Waals surface area contributed by atoms with E-state index in [0.29, 0.717) is 23.6 Å². The van der Waals surface area contributed by atoms with Crippen LogP contribution in [0.2, 0.25) is 0 Å². The second kappa shape index (κ2) is 7.03. The minimum absolute atomic E-state index is 0.000426. The van der Waals surface area contributed by atoms with E-state index < -0.39 is 5.97 Å². The molecule has 1 aromatic carbocycles. The Hall–Kier alpha value is -1.91. The van der Waals surface area contributed by atoms with Crippen molar-refractivity contribution in [1.29, 1.82) is 0 Å². The molecule has 0 heterocycles. The van der Waals surface area contributed by atoms with Crippen LogP contribution in [0.5, 0.6) is 11.5 Å². The lowest BCUT2D eigenvalue weighted by atomic mass is 10.1. The molecular formula is C15H23NO4. The van der Waals surface area contributed by atoms with Gasteiger partial charge in [0.1, 0.15) is 0 Å². The van der Waals surface area contributed by atoms with Gasteiger partial charge < -0.3 is 20.3 Å². The van der Waals surface area contributed by atoms with Gasteiger partial charge in [-0.3, -0.25) is 4.79 Å². The molecule has 0 saturated carbocycles. The van der Waals surface area contributed by atoms with Crippen molar-refractivity contribution >= 4 is 11.7 Å². The molecule has 0 unspecified atom stereocenters. The predicted molar refractivity (Wildman–Crippen MR) is 78.3 cm³/mol. The molecule has 0 aromatic heterocycles. The third-order valence-electron chi connectivity index (χ3n) is 2.54. The third-order valence-corrected chi connectivity index (χ3v) is 2.54. The Morgan fingerprint density at radius 1 is 1.15 bits per heavy atom. The fourth-order valence-corrected chi connectivity index (χ4v) is 1.77. The normalized spacial score (nSPS) is 10.9. The number of nitrogens with two attached hydrogens (primary N) is 1. The van der Waals surface area contributed by atoms with Gasteiger partial charge in [-0.25, -0.2) is 0 Å². The number of rotatable bonds is 7. The predicted octanol–water partition coefficient (Wildman–Crippen LogP) is 2.86. The first-order valence-corrected chi connectivity index (χ1v) is 6.77. The number of nitrogen functional groups attached to an aromatic ring is 1. The van der Waals surface area contributed by atoms with Crippen molar-refractivity contribution in [3.05, 3.63) is 17.7 Å². The molecule has 0 aliphatic heterocycles. The third kappa shape index (κ3) is 4.99. The van der Waals surface area contributed by atoms with Gasteiger partial charge in [0, 0.05) is 18.2 Å². The van der Waals surface area contributed by atoms with Crippen LogP contribution < -0.4 is 15.2 Å². The zero-order chi connectivity index (χ0) is 15.3. The molecule has 20 heavy (non-hydrogen) atoms. The van der Waals surface area contributed by atoms with Crippen LogP contribution in [0.1, 0.15) is 39.7 Å². The van der Waals surface area contributed by atoms with E-state index in [1.807, 2.05) is 27.7 Å². The Balaban J connectivity index is 3.06. The molecule has 0 fully saturated rings. The Labute approximate surface area is 119 Å². The maximum atomic E-state index is 10.7. The lowest BCUT2D eigenvalue weighted by molar-refractivity contribution is -0.136. The van der Waals surface area contributed by atoms with E-state index in [9.17, 15) is 4.79 Å². The van der Waals surface area contributed by atoms with Gasteiger partial charge in [-0.2, -0.15) is 0 Å². The molecule has 0 atom stereocenters. The topological polar surface area (TPSA) is 81.8 Å². The van der Waals surface area contributed by atoms with Gasteiger partial charge in [0.05, 0.1) is 12.2 Å². The molecule has 1 aromatic rings. The standard InChI is InChI=1S/C15H23NO4/c1-9(2)19-13-7-11(5-6-15(17)18)12(16)8-14(13)20-10(3)4/h7-10H,5-6,16H2,1-4H3,(H,17,18). The Morgan fingerprint density at radius 2 is 1.65 bits per heavy atom. The fraction of sp³-hybridized carbons (Fsp3) is 0.533. The molecule has 0 aliphatic carbocycles. The zero-order valence-corrected chi connectivity index (χ0v) is 12.5. The van der Waals surface area contributed by atoms with Gasteiger partial charge in [0.2, 0.25) is 0 Å². The highest BCUT2D eigenvalue weighted by Gasteiger charge is 2.14. The summed E-state index contributed by atoms with van der Waals surface area (Å²) in [7, 11) is 0. The number of hydrogen-bond acceptors (Lipinski definition) is 4. The molecular weight excluding hydrogens is 258 g/mol. The van der Waals surface area contributed by atoms with Gasteiger partial charge in [-0.1, -0.05) is 0 Å². The van der Waals surface area contributed by atoms with Crippen molar-refractivity contribution in [1.82, 2.24) is 0 Å². The number of carbonyl (C=O) groups is 1. The Morgan fingerprint density at radius 3 is 2.10 bits per heavy atom. The highest BCUT2D eigenvalue weighted by Crippen LogP contribution is 2.34. The maximum absolute atomic E-state index is 10.7. The van der Waals surface area contributed by atoms with Crippen LogP contribution in [0.15, 0.2) is 12.1 Å². The number of carboxylic acids is 1. The Kier molecular flexibility index (Phi) is 5.67. The van der Waals surface area contributed by atoms with E-state index in [1.165, 1.54) is 0 Å². The smallest absolute Gasteiger partial charge is 0.303 e. The molecule has 0 spiro atoms. The molecule has 0 saturated heterocycles. The van der Waals surface area contributed by atoms with Gasteiger partial charge in [-0.15, -0.1) is 0 Å². The van der Waals surface area contributed by atoms with Crippen molar-refractivity contribution in [2.24, 2.45) is 0 Å². The summed E-state index contributed by atoms with van der Waals surface area (Å²) in [4.78, 5) is 10.7. The van der Waals surface area contributed by atoms with Gasteiger partial charge in [-0.05, 0) is 45.7 Å². The summed E-state index contributed by atoms with van der Waals surface area (Å²) in [5.41, 5.74) is 7.24. The average molecular weight is 281 g/mol. The number of benzene rings is 1. The molecule has 0 aliphatic rings. The van der Waals surface area contributed by atoms with E-state index in [4.69, 9.17) is 20.3 Å². The SMILES string of the molecule is CC(C)Oc1cc(N)c(CCC(=O)O)cc1OC(C)C. The van der Waals surface area contributed by atoms with E-state index in [-0.39, 0.29) is 18.6 Å². The van der Waals surface area contributed by atoms with Crippen LogP contribution in [0.4, 0.5) is 5.69 Å². The van der Waals surface area contributed by atoms with Gasteiger partial charge in [0.25, 0.3) is 0 Å². The summed E-state index contributed by atoms with van der Waals surface area (Å²) >= 11 is 0. The molecule has 0 bridgehead atoms. The van der Waals surface area contributed by atoms with E-state index in [1.54, 1.807) is 12.1 Å². The number of aryl methyl sites for hydroxylation is 1. The van der Waals surface area contributed by atoms with Crippen molar-refractivity contribution in [3.8, 4) is 11.5 Å². The van der Waals surface area contributed by atoms with Crippen LogP contribution in [0, 0.1) is 0 Å². The summed E-state index contributed by atoms with van der Waals surface area (Å²) in [6, 6.07) is 3.48. The molecule has 0 radical (unpaired) electrons. The Bertz CT molecular complexity index is 469. The summed E-state index contributed by atoms with van der Waals surface area (Å²) in [6.45, 7) is 7.69. The van der Waals surface area contributed by atoms with Crippen LogP contribution in [0.25, 0.3) is 0 Å². The van der Waals surface area contributed by atoms with Gasteiger partial charge in [0.15, 0.2) is 11.5 Å². The van der Waals surface area contributed by atoms with Crippen LogP contribution >= 0.6 is 0 Å². The monoisotopic (exact) mass is 281 g/mol. The average Bonchev–Trinajstić information content (AvgIpc) is 2.29.